The van der Waals surface area contributed by atoms with E-state index in [2.05, 4.69) is 11.1 Å². The van der Waals surface area contributed by atoms with Crippen molar-refractivity contribution in [1.29, 1.82) is 0 Å². The molecule has 0 unspecified atom stereocenters. The van der Waals surface area contributed by atoms with Crippen molar-refractivity contribution >= 4 is 48.0 Å². The normalized spacial score (nSPS) is 11.4. The molecule has 2 nitrogen and oxygen atoms in total. The van der Waals surface area contributed by atoms with Crippen LogP contribution in [-0.2, 0) is 0 Å². The van der Waals surface area contributed by atoms with Gasteiger partial charge in [0.05, 0.1) is 20.7 Å². The molecular formula is C9H6N2S2. The number of aromatic nitrogens is 1. The summed E-state index contributed by atoms with van der Waals surface area (Å²) in [6.07, 6.45) is 0. The van der Waals surface area contributed by atoms with Crippen LogP contribution in [0.25, 0.3) is 20.3 Å². The zero-order chi connectivity index (χ0) is 8.84. The van der Waals surface area contributed by atoms with E-state index >= 15 is 0 Å². The Morgan fingerprint density at radius 1 is 1.31 bits per heavy atom. The maximum absolute atomic E-state index is 5.75. The van der Waals surface area contributed by atoms with E-state index < -0.39 is 0 Å². The summed E-state index contributed by atoms with van der Waals surface area (Å²) in [7, 11) is 0. The molecule has 0 aliphatic carbocycles. The van der Waals surface area contributed by atoms with Gasteiger partial charge in [0.25, 0.3) is 0 Å². The molecule has 0 saturated carbocycles. The van der Waals surface area contributed by atoms with Crippen LogP contribution in [0.3, 0.4) is 0 Å². The number of anilines is 1. The van der Waals surface area contributed by atoms with Gasteiger partial charge in [-0.15, -0.1) is 22.7 Å². The molecule has 2 N–H and O–H groups in total. The van der Waals surface area contributed by atoms with Crippen molar-refractivity contribution in [1.82, 2.24) is 4.98 Å². The van der Waals surface area contributed by atoms with Gasteiger partial charge in [-0.3, -0.25) is 0 Å². The predicted molar refractivity (Wildman–Crippen MR) is 59.4 cm³/mol. The molecule has 0 radical (unpaired) electrons. The lowest BCUT2D eigenvalue weighted by Gasteiger charge is -1.88. The standard InChI is InChI=1S/C9H6N2S2/c10-8-3-5-7(13-8)2-1-6-9(5)12-4-11-6/h1-4H,10H2. The van der Waals surface area contributed by atoms with Gasteiger partial charge in [-0.25, -0.2) is 4.98 Å². The quantitative estimate of drug-likeness (QED) is 0.614. The lowest BCUT2D eigenvalue weighted by Crippen LogP contribution is -1.72. The fourth-order valence-corrected chi connectivity index (χ4v) is 3.17. The summed E-state index contributed by atoms with van der Waals surface area (Å²) < 4.78 is 2.49. The van der Waals surface area contributed by atoms with Gasteiger partial charge in [0.2, 0.25) is 0 Å². The first-order chi connectivity index (χ1) is 6.34. The third-order valence-electron chi connectivity index (χ3n) is 2.01. The molecule has 0 amide bonds. The van der Waals surface area contributed by atoms with Crippen LogP contribution in [0.4, 0.5) is 5.00 Å². The first-order valence-electron chi connectivity index (χ1n) is 3.86. The molecule has 0 aliphatic heterocycles. The lowest BCUT2D eigenvalue weighted by molar-refractivity contribution is 1.51. The van der Waals surface area contributed by atoms with Crippen LogP contribution in [0.15, 0.2) is 23.7 Å². The number of thiophene rings is 1. The number of hydrogen-bond donors (Lipinski definition) is 1. The van der Waals surface area contributed by atoms with Gasteiger partial charge in [-0.2, -0.15) is 0 Å². The molecule has 1 aromatic carbocycles. The molecule has 2 heterocycles. The molecule has 4 heteroatoms. The first kappa shape index (κ1) is 7.29. The Labute approximate surface area is 82.6 Å². The van der Waals surface area contributed by atoms with Gasteiger partial charge in [0.15, 0.2) is 0 Å². The van der Waals surface area contributed by atoms with E-state index in [0.29, 0.717) is 0 Å². The minimum atomic E-state index is 0.871. The molecule has 0 atom stereocenters. The van der Waals surface area contributed by atoms with Gasteiger partial charge in [0, 0.05) is 10.1 Å². The van der Waals surface area contributed by atoms with E-state index in [1.165, 1.54) is 14.8 Å². The van der Waals surface area contributed by atoms with E-state index in [1.807, 2.05) is 17.6 Å². The maximum Gasteiger partial charge on any atom is 0.0869 e. The first-order valence-corrected chi connectivity index (χ1v) is 5.55. The summed E-state index contributed by atoms with van der Waals surface area (Å²) in [5, 5.41) is 2.11. The second kappa shape index (κ2) is 2.43. The Balaban J connectivity index is 2.64. The molecule has 2 aromatic heterocycles. The van der Waals surface area contributed by atoms with Gasteiger partial charge in [-0.1, -0.05) is 0 Å². The zero-order valence-corrected chi connectivity index (χ0v) is 8.28. The van der Waals surface area contributed by atoms with Crippen molar-refractivity contribution in [3.8, 4) is 0 Å². The number of nitrogen functional groups attached to an aromatic ring is 1. The van der Waals surface area contributed by atoms with Crippen molar-refractivity contribution < 1.29 is 0 Å². The highest BCUT2D eigenvalue weighted by atomic mass is 32.1. The van der Waals surface area contributed by atoms with Crippen LogP contribution < -0.4 is 5.73 Å². The van der Waals surface area contributed by atoms with E-state index in [1.54, 1.807) is 22.7 Å². The Morgan fingerprint density at radius 2 is 2.23 bits per heavy atom. The Kier molecular flexibility index (Phi) is 1.36. The monoisotopic (exact) mass is 206 g/mol. The second-order valence-electron chi connectivity index (χ2n) is 2.83. The predicted octanol–water partition coefficient (Wildman–Crippen LogP) is 3.09. The maximum atomic E-state index is 5.75. The van der Waals surface area contributed by atoms with Crippen LogP contribution in [0, 0.1) is 0 Å². The summed E-state index contributed by atoms with van der Waals surface area (Å²) in [6, 6.07) is 6.16. The summed E-state index contributed by atoms with van der Waals surface area (Å²) in [6.45, 7) is 0. The fourth-order valence-electron chi connectivity index (χ4n) is 1.46. The third kappa shape index (κ3) is 0.959. The number of benzene rings is 1. The molecule has 0 spiro atoms. The van der Waals surface area contributed by atoms with E-state index in [-0.39, 0.29) is 0 Å². The van der Waals surface area contributed by atoms with Crippen molar-refractivity contribution in [3.05, 3.63) is 23.7 Å². The third-order valence-corrected chi connectivity index (χ3v) is 3.82. The number of rotatable bonds is 0. The molecular weight excluding hydrogens is 200 g/mol. The Morgan fingerprint density at radius 3 is 3.15 bits per heavy atom. The second-order valence-corrected chi connectivity index (χ2v) is 4.80. The van der Waals surface area contributed by atoms with Crippen molar-refractivity contribution in [2.75, 3.05) is 5.73 Å². The molecule has 0 fully saturated rings. The number of hydrogen-bond acceptors (Lipinski definition) is 4. The summed E-state index contributed by atoms with van der Waals surface area (Å²) in [5.74, 6) is 0. The lowest BCUT2D eigenvalue weighted by atomic mass is 10.2. The van der Waals surface area contributed by atoms with Gasteiger partial charge in [0.1, 0.15) is 0 Å². The minimum Gasteiger partial charge on any atom is -0.391 e. The van der Waals surface area contributed by atoms with Crippen molar-refractivity contribution in [3.63, 3.8) is 0 Å². The molecule has 0 aliphatic rings. The van der Waals surface area contributed by atoms with Crippen LogP contribution in [-0.4, -0.2) is 4.98 Å². The summed E-state index contributed by atoms with van der Waals surface area (Å²) >= 11 is 3.30. The summed E-state index contributed by atoms with van der Waals surface area (Å²) in [4.78, 5) is 4.26. The van der Waals surface area contributed by atoms with Crippen LogP contribution >= 0.6 is 22.7 Å². The summed E-state index contributed by atoms with van der Waals surface area (Å²) in [5.41, 5.74) is 8.69. The Hall–Kier alpha value is -1.13. The molecule has 3 aromatic rings. The number of fused-ring (bicyclic) bond motifs is 3. The highest BCUT2D eigenvalue weighted by molar-refractivity contribution is 7.24. The highest BCUT2D eigenvalue weighted by Crippen LogP contribution is 2.34. The van der Waals surface area contributed by atoms with Gasteiger partial charge >= 0.3 is 0 Å². The largest absolute Gasteiger partial charge is 0.391 e. The average molecular weight is 206 g/mol. The minimum absolute atomic E-state index is 0.871. The van der Waals surface area contributed by atoms with Crippen LogP contribution in [0.5, 0.6) is 0 Å². The van der Waals surface area contributed by atoms with E-state index in [4.69, 9.17) is 5.73 Å². The number of thiazole rings is 1. The van der Waals surface area contributed by atoms with Gasteiger partial charge < -0.3 is 5.73 Å². The fraction of sp³-hybridized carbons (Fsp3) is 0. The number of nitrogens with zero attached hydrogens (tertiary/aromatic N) is 1. The van der Waals surface area contributed by atoms with Gasteiger partial charge in [-0.05, 0) is 18.2 Å². The zero-order valence-electron chi connectivity index (χ0n) is 6.65. The van der Waals surface area contributed by atoms with E-state index in [9.17, 15) is 0 Å². The topological polar surface area (TPSA) is 38.9 Å². The molecule has 3 rings (SSSR count). The molecule has 0 saturated heterocycles. The molecule has 64 valence electrons. The average Bonchev–Trinajstić information content (AvgIpc) is 2.65. The van der Waals surface area contributed by atoms with Crippen LogP contribution in [0.2, 0.25) is 0 Å². The molecule has 0 bridgehead atoms. The SMILES string of the molecule is Nc1cc2c(ccc3ncsc32)s1. The van der Waals surface area contributed by atoms with E-state index in [0.717, 1.165) is 10.5 Å². The highest BCUT2D eigenvalue weighted by Gasteiger charge is 2.05. The number of nitrogens with two attached hydrogens (primary N) is 1. The van der Waals surface area contributed by atoms with Crippen molar-refractivity contribution in [2.45, 2.75) is 0 Å². The van der Waals surface area contributed by atoms with Crippen molar-refractivity contribution in [2.24, 2.45) is 0 Å². The molecule has 13 heavy (non-hydrogen) atoms. The smallest absolute Gasteiger partial charge is 0.0869 e. The van der Waals surface area contributed by atoms with Crippen LogP contribution in [0.1, 0.15) is 0 Å². The Bertz CT molecular complexity index is 579.